The molecule has 2 aliphatic rings. The molecule has 0 unspecified atom stereocenters. The first-order valence-electron chi connectivity index (χ1n) is 6.64. The number of para-hydroxylation sites is 1. The average Bonchev–Trinajstić information content (AvgIpc) is 2.76. The maximum atomic E-state index is 12.5. The molecule has 1 atom stereocenters. The lowest BCUT2D eigenvalue weighted by atomic mass is 10.2. The number of anilines is 1. The Labute approximate surface area is 112 Å². The van der Waals surface area contributed by atoms with Crippen LogP contribution in [-0.2, 0) is 9.59 Å². The van der Waals surface area contributed by atoms with Crippen molar-refractivity contribution < 1.29 is 9.59 Å². The van der Waals surface area contributed by atoms with E-state index in [1.807, 2.05) is 18.2 Å². The Kier molecular flexibility index (Phi) is 3.31. The first kappa shape index (κ1) is 12.3. The Hall–Kier alpha value is -1.72. The van der Waals surface area contributed by atoms with Crippen molar-refractivity contribution in [1.29, 1.82) is 0 Å². The average molecular weight is 259 g/mol. The van der Waals surface area contributed by atoms with Crippen LogP contribution in [-0.4, -0.2) is 48.9 Å². The van der Waals surface area contributed by atoms with E-state index in [2.05, 4.69) is 10.2 Å². The van der Waals surface area contributed by atoms with Crippen molar-refractivity contribution in [3.63, 3.8) is 0 Å². The maximum Gasteiger partial charge on any atom is 0.251 e. The summed E-state index contributed by atoms with van der Waals surface area (Å²) in [4.78, 5) is 28.0. The van der Waals surface area contributed by atoms with Gasteiger partial charge in [0, 0.05) is 26.2 Å². The fourth-order valence-corrected chi connectivity index (χ4v) is 2.74. The number of nitrogens with one attached hydrogen (secondary N) is 1. The molecule has 0 aliphatic carbocycles. The Morgan fingerprint density at radius 1 is 1.05 bits per heavy atom. The molecule has 2 fully saturated rings. The number of imide groups is 1. The van der Waals surface area contributed by atoms with Gasteiger partial charge in [0.15, 0.2) is 0 Å². The first-order valence-corrected chi connectivity index (χ1v) is 6.64. The van der Waals surface area contributed by atoms with Gasteiger partial charge in [0.2, 0.25) is 5.91 Å². The van der Waals surface area contributed by atoms with Crippen molar-refractivity contribution in [2.24, 2.45) is 0 Å². The van der Waals surface area contributed by atoms with Gasteiger partial charge in [0.25, 0.3) is 5.91 Å². The summed E-state index contributed by atoms with van der Waals surface area (Å²) in [5.74, 6) is -0.183. The van der Waals surface area contributed by atoms with E-state index >= 15 is 0 Å². The lowest BCUT2D eigenvalue weighted by Crippen LogP contribution is -2.51. The molecule has 2 saturated heterocycles. The van der Waals surface area contributed by atoms with Crippen LogP contribution in [0.4, 0.5) is 5.69 Å². The van der Waals surface area contributed by atoms with Crippen molar-refractivity contribution in [1.82, 2.24) is 10.2 Å². The third-order valence-electron chi connectivity index (χ3n) is 3.73. The molecule has 0 spiro atoms. The Morgan fingerprint density at radius 2 is 1.74 bits per heavy atom. The highest BCUT2D eigenvalue weighted by Crippen LogP contribution is 2.25. The number of hydrogen-bond donors (Lipinski definition) is 1. The van der Waals surface area contributed by atoms with E-state index < -0.39 is 0 Å². The van der Waals surface area contributed by atoms with E-state index in [1.54, 1.807) is 12.1 Å². The van der Waals surface area contributed by atoms with Gasteiger partial charge in [-0.3, -0.25) is 14.5 Å². The Balaban J connectivity index is 1.81. The number of carbonyl (C=O) groups is 2. The summed E-state index contributed by atoms with van der Waals surface area (Å²) in [6.45, 7) is 3.41. The second kappa shape index (κ2) is 5.11. The lowest BCUT2D eigenvalue weighted by Gasteiger charge is -2.31. The molecule has 3 rings (SSSR count). The second-order valence-corrected chi connectivity index (χ2v) is 4.91. The van der Waals surface area contributed by atoms with Crippen LogP contribution < -0.4 is 10.2 Å². The minimum atomic E-state index is -0.283. The van der Waals surface area contributed by atoms with Crippen molar-refractivity contribution >= 4 is 17.5 Å². The number of amides is 2. The van der Waals surface area contributed by atoms with Crippen LogP contribution in [0.1, 0.15) is 6.42 Å². The quantitative estimate of drug-likeness (QED) is 0.772. The van der Waals surface area contributed by atoms with Gasteiger partial charge in [0.1, 0.15) is 0 Å². The highest BCUT2D eigenvalue weighted by atomic mass is 16.2. The smallest absolute Gasteiger partial charge is 0.251 e. The van der Waals surface area contributed by atoms with Crippen molar-refractivity contribution in [2.75, 3.05) is 31.1 Å². The highest BCUT2D eigenvalue weighted by Gasteiger charge is 2.42. The molecule has 1 aromatic rings. The monoisotopic (exact) mass is 259 g/mol. The van der Waals surface area contributed by atoms with Crippen LogP contribution in [0.3, 0.4) is 0 Å². The summed E-state index contributed by atoms with van der Waals surface area (Å²) in [5, 5.41) is 3.26. The molecule has 100 valence electrons. The van der Waals surface area contributed by atoms with Gasteiger partial charge < -0.3 is 5.32 Å². The zero-order valence-corrected chi connectivity index (χ0v) is 10.7. The molecule has 0 saturated carbocycles. The van der Waals surface area contributed by atoms with Crippen LogP contribution >= 0.6 is 0 Å². The minimum absolute atomic E-state index is 0.0851. The van der Waals surface area contributed by atoms with E-state index in [1.165, 1.54) is 4.90 Å². The number of carbonyl (C=O) groups excluding carboxylic acids is 2. The Morgan fingerprint density at radius 3 is 2.42 bits per heavy atom. The predicted octanol–water partition coefficient (Wildman–Crippen LogP) is 0.224. The van der Waals surface area contributed by atoms with Gasteiger partial charge in [-0.2, -0.15) is 0 Å². The zero-order chi connectivity index (χ0) is 13.2. The van der Waals surface area contributed by atoms with Gasteiger partial charge >= 0.3 is 0 Å². The molecule has 2 heterocycles. The molecular formula is C14H17N3O2. The molecule has 2 aliphatic heterocycles. The largest absolute Gasteiger partial charge is 0.314 e. The topological polar surface area (TPSA) is 52.7 Å². The van der Waals surface area contributed by atoms with Gasteiger partial charge in [-0.25, -0.2) is 4.90 Å². The molecular weight excluding hydrogens is 242 g/mol. The van der Waals surface area contributed by atoms with Gasteiger partial charge in [-0.05, 0) is 12.1 Å². The molecule has 0 bridgehead atoms. The van der Waals surface area contributed by atoms with Crippen LogP contribution in [0, 0.1) is 0 Å². The normalized spacial score (nSPS) is 25.1. The standard InChI is InChI=1S/C14H17N3O2/c18-13-10-12(16-8-6-15-7-9-16)14(19)17(13)11-4-2-1-3-5-11/h1-5,12,15H,6-10H2/t12-/m0/s1. The van der Waals surface area contributed by atoms with Crippen LogP contribution in [0.2, 0.25) is 0 Å². The van der Waals surface area contributed by atoms with Gasteiger partial charge in [0.05, 0.1) is 18.2 Å². The summed E-state index contributed by atoms with van der Waals surface area (Å²) in [7, 11) is 0. The summed E-state index contributed by atoms with van der Waals surface area (Å²) in [6.07, 6.45) is 0.299. The van der Waals surface area contributed by atoms with Crippen molar-refractivity contribution in [2.45, 2.75) is 12.5 Å². The zero-order valence-electron chi connectivity index (χ0n) is 10.7. The second-order valence-electron chi connectivity index (χ2n) is 4.91. The summed E-state index contributed by atoms with van der Waals surface area (Å²) in [5.41, 5.74) is 0.676. The van der Waals surface area contributed by atoms with Crippen molar-refractivity contribution in [3.8, 4) is 0 Å². The predicted molar refractivity (Wildman–Crippen MR) is 71.8 cm³/mol. The van der Waals surface area contributed by atoms with E-state index in [0.717, 1.165) is 26.2 Å². The minimum Gasteiger partial charge on any atom is -0.314 e. The van der Waals surface area contributed by atoms with E-state index in [0.29, 0.717) is 12.1 Å². The molecule has 5 nitrogen and oxygen atoms in total. The molecule has 5 heteroatoms. The molecule has 1 aromatic carbocycles. The first-order chi connectivity index (χ1) is 9.27. The number of nitrogens with zero attached hydrogens (tertiary/aromatic N) is 2. The number of hydrogen-bond acceptors (Lipinski definition) is 4. The summed E-state index contributed by atoms with van der Waals surface area (Å²) < 4.78 is 0. The van der Waals surface area contributed by atoms with E-state index in [9.17, 15) is 9.59 Å². The molecule has 1 N–H and O–H groups in total. The third-order valence-corrected chi connectivity index (χ3v) is 3.73. The van der Waals surface area contributed by atoms with Crippen LogP contribution in [0.25, 0.3) is 0 Å². The molecule has 0 radical (unpaired) electrons. The van der Waals surface area contributed by atoms with E-state index in [4.69, 9.17) is 0 Å². The van der Waals surface area contributed by atoms with Crippen LogP contribution in [0.15, 0.2) is 30.3 Å². The fourth-order valence-electron chi connectivity index (χ4n) is 2.74. The fraction of sp³-hybridized carbons (Fsp3) is 0.429. The van der Waals surface area contributed by atoms with E-state index in [-0.39, 0.29) is 17.9 Å². The van der Waals surface area contributed by atoms with Crippen molar-refractivity contribution in [3.05, 3.63) is 30.3 Å². The number of benzene rings is 1. The molecule has 19 heavy (non-hydrogen) atoms. The Bertz CT molecular complexity index is 483. The highest BCUT2D eigenvalue weighted by molar-refractivity contribution is 6.22. The summed E-state index contributed by atoms with van der Waals surface area (Å²) >= 11 is 0. The summed E-state index contributed by atoms with van der Waals surface area (Å²) in [6, 6.07) is 8.88. The number of rotatable bonds is 2. The molecule has 0 aromatic heterocycles. The SMILES string of the molecule is O=C1C[C@H](N2CCNCC2)C(=O)N1c1ccccc1. The number of piperazine rings is 1. The van der Waals surface area contributed by atoms with Gasteiger partial charge in [-0.15, -0.1) is 0 Å². The lowest BCUT2D eigenvalue weighted by molar-refractivity contribution is -0.123. The van der Waals surface area contributed by atoms with Gasteiger partial charge in [-0.1, -0.05) is 18.2 Å². The maximum absolute atomic E-state index is 12.5. The van der Waals surface area contributed by atoms with Crippen LogP contribution in [0.5, 0.6) is 0 Å². The third kappa shape index (κ3) is 2.27. The molecule has 2 amide bonds.